The van der Waals surface area contributed by atoms with E-state index in [-0.39, 0.29) is 12.2 Å². The van der Waals surface area contributed by atoms with Crippen LogP contribution in [0.15, 0.2) is 23.2 Å². The average Bonchev–Trinajstić information content (AvgIpc) is 2.02. The molecule has 0 fully saturated rings. The van der Waals surface area contributed by atoms with Crippen LogP contribution in [0.3, 0.4) is 0 Å². The van der Waals surface area contributed by atoms with Crippen molar-refractivity contribution in [3.63, 3.8) is 0 Å². The molecular formula is C10H11BrO3. The zero-order valence-electron chi connectivity index (χ0n) is 7.62. The normalized spacial score (nSPS) is 26.2. The van der Waals surface area contributed by atoms with Crippen molar-refractivity contribution in [3.05, 3.63) is 23.2 Å². The van der Waals surface area contributed by atoms with Gasteiger partial charge in [0.1, 0.15) is 0 Å². The first-order valence-corrected chi connectivity index (χ1v) is 5.02. The number of allylic oxidation sites excluding steroid dienone is 3. The van der Waals surface area contributed by atoms with Crippen molar-refractivity contribution in [3.8, 4) is 0 Å². The van der Waals surface area contributed by atoms with Crippen LogP contribution >= 0.6 is 15.9 Å². The quantitative estimate of drug-likeness (QED) is 0.845. The summed E-state index contributed by atoms with van der Waals surface area (Å²) in [5.41, 5.74) is -0.994. The molecule has 0 saturated heterocycles. The third kappa shape index (κ3) is 2.32. The van der Waals surface area contributed by atoms with Gasteiger partial charge in [-0.2, -0.15) is 0 Å². The SMILES string of the molecule is C=C(Br)CC1(C(=O)O)CC=CC(=O)C1. The second-order valence-electron chi connectivity index (χ2n) is 3.53. The second-order valence-corrected chi connectivity index (χ2v) is 4.65. The first-order valence-electron chi connectivity index (χ1n) is 4.22. The predicted molar refractivity (Wildman–Crippen MR) is 56.1 cm³/mol. The summed E-state index contributed by atoms with van der Waals surface area (Å²) in [6, 6.07) is 0. The molecule has 0 radical (unpaired) electrons. The summed E-state index contributed by atoms with van der Waals surface area (Å²) in [5, 5.41) is 9.11. The molecule has 0 heterocycles. The van der Waals surface area contributed by atoms with Crippen LogP contribution in [0.1, 0.15) is 19.3 Å². The molecule has 1 atom stereocenters. The number of carboxylic acids is 1. The summed E-state index contributed by atoms with van der Waals surface area (Å²) in [6.45, 7) is 3.62. The standard InChI is InChI=1S/C10H11BrO3/c1-7(11)5-10(9(13)14)4-2-3-8(12)6-10/h2-3H,1,4-6H2,(H,13,14). The van der Waals surface area contributed by atoms with E-state index in [1.165, 1.54) is 6.08 Å². The zero-order chi connectivity index (χ0) is 10.8. The van der Waals surface area contributed by atoms with Crippen LogP contribution in [-0.4, -0.2) is 16.9 Å². The molecule has 1 aliphatic carbocycles. The Bertz CT molecular complexity index is 319. The number of ketones is 1. The lowest BCUT2D eigenvalue weighted by Crippen LogP contribution is -2.34. The molecule has 76 valence electrons. The fourth-order valence-electron chi connectivity index (χ4n) is 1.62. The van der Waals surface area contributed by atoms with E-state index in [0.29, 0.717) is 17.3 Å². The number of hydrogen-bond donors (Lipinski definition) is 1. The molecule has 3 nitrogen and oxygen atoms in total. The fourth-order valence-corrected chi connectivity index (χ4v) is 2.16. The Morgan fingerprint density at radius 2 is 2.36 bits per heavy atom. The van der Waals surface area contributed by atoms with E-state index >= 15 is 0 Å². The van der Waals surface area contributed by atoms with Crippen LogP contribution in [-0.2, 0) is 9.59 Å². The van der Waals surface area contributed by atoms with Crippen LogP contribution in [0.5, 0.6) is 0 Å². The first kappa shape index (κ1) is 11.2. The molecule has 0 aromatic carbocycles. The molecule has 0 aliphatic heterocycles. The summed E-state index contributed by atoms with van der Waals surface area (Å²) in [6.07, 6.45) is 3.80. The van der Waals surface area contributed by atoms with Crippen LogP contribution in [0.25, 0.3) is 0 Å². The number of hydrogen-bond acceptors (Lipinski definition) is 2. The minimum Gasteiger partial charge on any atom is -0.481 e. The Morgan fingerprint density at radius 3 is 2.79 bits per heavy atom. The Morgan fingerprint density at radius 1 is 1.71 bits per heavy atom. The molecule has 1 unspecified atom stereocenters. The molecule has 0 aromatic heterocycles. The third-order valence-corrected chi connectivity index (χ3v) is 2.59. The molecule has 4 heteroatoms. The van der Waals surface area contributed by atoms with E-state index in [4.69, 9.17) is 5.11 Å². The van der Waals surface area contributed by atoms with Gasteiger partial charge in [-0.05, 0) is 23.4 Å². The van der Waals surface area contributed by atoms with E-state index in [0.717, 1.165) is 0 Å². The summed E-state index contributed by atoms with van der Waals surface area (Å²) in [5.74, 6) is -1.07. The lowest BCUT2D eigenvalue weighted by Gasteiger charge is -2.29. The monoisotopic (exact) mass is 258 g/mol. The van der Waals surface area contributed by atoms with Crippen molar-refractivity contribution in [1.29, 1.82) is 0 Å². The van der Waals surface area contributed by atoms with Gasteiger partial charge >= 0.3 is 5.97 Å². The summed E-state index contributed by atoms with van der Waals surface area (Å²) in [4.78, 5) is 22.3. The minimum absolute atomic E-state index is 0.0590. The van der Waals surface area contributed by atoms with Gasteiger partial charge in [0.25, 0.3) is 0 Å². The molecule has 1 N–H and O–H groups in total. The summed E-state index contributed by atoms with van der Waals surface area (Å²) < 4.78 is 0.614. The molecule has 14 heavy (non-hydrogen) atoms. The molecule has 1 rings (SSSR count). The fraction of sp³-hybridized carbons (Fsp3) is 0.400. The average molecular weight is 259 g/mol. The Kier molecular flexibility index (Phi) is 3.26. The first-order chi connectivity index (χ1) is 6.46. The highest BCUT2D eigenvalue weighted by Gasteiger charge is 2.40. The lowest BCUT2D eigenvalue weighted by molar-refractivity contribution is -0.151. The molecule has 1 aliphatic rings. The highest BCUT2D eigenvalue weighted by atomic mass is 79.9. The molecular weight excluding hydrogens is 248 g/mol. The Balaban J connectivity index is 2.93. The van der Waals surface area contributed by atoms with E-state index in [1.54, 1.807) is 6.08 Å². The molecule has 0 spiro atoms. The van der Waals surface area contributed by atoms with Gasteiger partial charge < -0.3 is 5.11 Å². The number of carbonyl (C=O) groups excluding carboxylic acids is 1. The predicted octanol–water partition coefficient (Wildman–Crippen LogP) is 2.28. The number of aliphatic carboxylic acids is 1. The van der Waals surface area contributed by atoms with Crippen molar-refractivity contribution in [2.24, 2.45) is 5.41 Å². The van der Waals surface area contributed by atoms with E-state index in [9.17, 15) is 9.59 Å². The van der Waals surface area contributed by atoms with Gasteiger partial charge in [0.15, 0.2) is 5.78 Å². The second kappa shape index (κ2) is 4.09. The van der Waals surface area contributed by atoms with Gasteiger partial charge in [0.05, 0.1) is 5.41 Å². The number of halogens is 1. The van der Waals surface area contributed by atoms with Crippen molar-refractivity contribution in [2.75, 3.05) is 0 Å². The maximum absolute atomic E-state index is 11.2. The molecule has 0 aromatic rings. The topological polar surface area (TPSA) is 54.4 Å². The lowest BCUT2D eigenvalue weighted by atomic mass is 9.74. The number of rotatable bonds is 3. The molecule has 0 amide bonds. The maximum Gasteiger partial charge on any atom is 0.310 e. The van der Waals surface area contributed by atoms with Gasteiger partial charge in [-0.25, -0.2) is 0 Å². The largest absolute Gasteiger partial charge is 0.481 e. The minimum atomic E-state index is -0.994. The van der Waals surface area contributed by atoms with Crippen molar-refractivity contribution >= 4 is 27.7 Å². The van der Waals surface area contributed by atoms with Crippen molar-refractivity contribution in [1.82, 2.24) is 0 Å². The maximum atomic E-state index is 11.2. The number of carboxylic acid groups (broad SMARTS) is 1. The van der Waals surface area contributed by atoms with Gasteiger partial charge in [-0.3, -0.25) is 9.59 Å². The van der Waals surface area contributed by atoms with E-state index in [1.807, 2.05) is 0 Å². The van der Waals surface area contributed by atoms with Crippen LogP contribution in [0.2, 0.25) is 0 Å². The van der Waals surface area contributed by atoms with Crippen molar-refractivity contribution < 1.29 is 14.7 Å². The van der Waals surface area contributed by atoms with E-state index in [2.05, 4.69) is 22.5 Å². The Hall–Kier alpha value is -0.900. The highest BCUT2D eigenvalue weighted by molar-refractivity contribution is 9.11. The third-order valence-electron chi connectivity index (χ3n) is 2.31. The van der Waals surface area contributed by atoms with Gasteiger partial charge in [-0.15, -0.1) is 0 Å². The van der Waals surface area contributed by atoms with Gasteiger partial charge in [-0.1, -0.05) is 28.6 Å². The van der Waals surface area contributed by atoms with Crippen molar-refractivity contribution in [2.45, 2.75) is 19.3 Å². The van der Waals surface area contributed by atoms with Crippen LogP contribution < -0.4 is 0 Å². The number of carbonyl (C=O) groups is 2. The summed E-state index contributed by atoms with van der Waals surface area (Å²) >= 11 is 3.14. The highest BCUT2D eigenvalue weighted by Crippen LogP contribution is 2.38. The Labute approximate surface area is 90.6 Å². The van der Waals surface area contributed by atoms with E-state index < -0.39 is 11.4 Å². The smallest absolute Gasteiger partial charge is 0.310 e. The van der Waals surface area contributed by atoms with Crippen LogP contribution in [0.4, 0.5) is 0 Å². The van der Waals surface area contributed by atoms with Gasteiger partial charge in [0.2, 0.25) is 0 Å². The molecule has 0 bridgehead atoms. The van der Waals surface area contributed by atoms with Crippen LogP contribution in [0, 0.1) is 5.41 Å². The van der Waals surface area contributed by atoms with Gasteiger partial charge in [0, 0.05) is 6.42 Å². The summed E-state index contributed by atoms with van der Waals surface area (Å²) in [7, 11) is 0. The molecule has 0 saturated carbocycles. The zero-order valence-corrected chi connectivity index (χ0v) is 9.21.